The van der Waals surface area contributed by atoms with E-state index in [2.05, 4.69) is 10.3 Å². The maximum Gasteiger partial charge on any atom is 0.271 e. The minimum Gasteiger partial charge on any atom is -0.495 e. The molecule has 0 aliphatic rings. The molecule has 8 nitrogen and oxygen atoms in total. The van der Waals surface area contributed by atoms with Crippen LogP contribution in [0.4, 0.5) is 5.69 Å². The van der Waals surface area contributed by atoms with Crippen LogP contribution in [0.15, 0.2) is 47.6 Å². The molecule has 1 aromatic heterocycles. The van der Waals surface area contributed by atoms with Crippen molar-refractivity contribution in [1.82, 2.24) is 14.9 Å². The SMILES string of the molecule is CCNC(=O)CSc1nc2cc([N+](=O)[O-])ccc2n1-c1ccccc1OC. The maximum absolute atomic E-state index is 11.9. The quantitative estimate of drug-likeness (QED) is 0.380. The number of nitrogens with zero attached hydrogens (tertiary/aromatic N) is 3. The lowest BCUT2D eigenvalue weighted by molar-refractivity contribution is -0.384. The van der Waals surface area contributed by atoms with Gasteiger partial charge in [-0.15, -0.1) is 0 Å². The first-order valence-electron chi connectivity index (χ1n) is 8.25. The molecule has 0 spiro atoms. The summed E-state index contributed by atoms with van der Waals surface area (Å²) in [5.41, 5.74) is 1.89. The van der Waals surface area contributed by atoms with Gasteiger partial charge in [-0.2, -0.15) is 0 Å². The third kappa shape index (κ3) is 3.87. The molecule has 0 saturated carbocycles. The van der Waals surface area contributed by atoms with Gasteiger partial charge in [-0.25, -0.2) is 4.98 Å². The molecule has 0 aliphatic carbocycles. The summed E-state index contributed by atoms with van der Waals surface area (Å²) in [6.07, 6.45) is 0. The van der Waals surface area contributed by atoms with Crippen LogP contribution in [0.2, 0.25) is 0 Å². The second-order valence-electron chi connectivity index (χ2n) is 5.57. The number of rotatable bonds is 7. The smallest absolute Gasteiger partial charge is 0.271 e. The van der Waals surface area contributed by atoms with Gasteiger partial charge in [0.25, 0.3) is 5.69 Å². The van der Waals surface area contributed by atoms with Gasteiger partial charge in [0.2, 0.25) is 5.91 Å². The number of thioether (sulfide) groups is 1. The topological polar surface area (TPSA) is 99.3 Å². The molecule has 0 aliphatic heterocycles. The van der Waals surface area contributed by atoms with E-state index >= 15 is 0 Å². The highest BCUT2D eigenvalue weighted by atomic mass is 32.2. The Bertz CT molecular complexity index is 1000. The molecule has 1 N–H and O–H groups in total. The van der Waals surface area contributed by atoms with Crippen molar-refractivity contribution in [2.24, 2.45) is 0 Å². The molecule has 0 radical (unpaired) electrons. The maximum atomic E-state index is 11.9. The number of amides is 1. The highest BCUT2D eigenvalue weighted by Gasteiger charge is 2.19. The summed E-state index contributed by atoms with van der Waals surface area (Å²) >= 11 is 1.26. The predicted octanol–water partition coefficient (Wildman–Crippen LogP) is 3.17. The second kappa shape index (κ2) is 8.09. The Morgan fingerprint density at radius 2 is 2.11 bits per heavy atom. The number of para-hydroxylation sites is 2. The fraction of sp³-hybridized carbons (Fsp3) is 0.222. The van der Waals surface area contributed by atoms with Crippen LogP contribution in [0.5, 0.6) is 5.75 Å². The number of hydrogen-bond donors (Lipinski definition) is 1. The van der Waals surface area contributed by atoms with E-state index in [1.807, 2.05) is 35.8 Å². The first-order chi connectivity index (χ1) is 13.0. The number of nitro groups is 1. The lowest BCUT2D eigenvalue weighted by atomic mass is 10.2. The lowest BCUT2D eigenvalue weighted by Crippen LogP contribution is -2.24. The Morgan fingerprint density at radius 1 is 1.33 bits per heavy atom. The van der Waals surface area contributed by atoms with Crippen molar-refractivity contribution < 1.29 is 14.5 Å². The van der Waals surface area contributed by atoms with Crippen molar-refractivity contribution >= 4 is 34.4 Å². The van der Waals surface area contributed by atoms with Gasteiger partial charge < -0.3 is 10.1 Å². The highest BCUT2D eigenvalue weighted by Crippen LogP contribution is 2.33. The van der Waals surface area contributed by atoms with Crippen molar-refractivity contribution in [3.05, 3.63) is 52.6 Å². The summed E-state index contributed by atoms with van der Waals surface area (Å²) in [4.78, 5) is 27.0. The molecular weight excluding hydrogens is 368 g/mol. The summed E-state index contributed by atoms with van der Waals surface area (Å²) in [7, 11) is 1.57. The van der Waals surface area contributed by atoms with Crippen LogP contribution >= 0.6 is 11.8 Å². The zero-order valence-electron chi connectivity index (χ0n) is 14.8. The van der Waals surface area contributed by atoms with Gasteiger partial charge in [0.15, 0.2) is 5.16 Å². The van der Waals surface area contributed by atoms with Crippen LogP contribution < -0.4 is 10.1 Å². The molecule has 1 heterocycles. The third-order valence-electron chi connectivity index (χ3n) is 3.85. The van der Waals surface area contributed by atoms with E-state index < -0.39 is 4.92 Å². The van der Waals surface area contributed by atoms with Crippen LogP contribution in [0.1, 0.15) is 6.92 Å². The zero-order chi connectivity index (χ0) is 19.4. The standard InChI is InChI=1S/C18H18N4O4S/c1-3-19-17(23)11-27-18-20-13-10-12(22(24)25)8-9-14(13)21(18)15-6-4-5-7-16(15)26-2/h4-10H,3,11H2,1-2H3,(H,19,23). The van der Waals surface area contributed by atoms with E-state index in [0.717, 1.165) is 5.69 Å². The van der Waals surface area contributed by atoms with Gasteiger partial charge in [-0.3, -0.25) is 19.5 Å². The van der Waals surface area contributed by atoms with Crippen molar-refractivity contribution in [2.75, 3.05) is 19.4 Å². The van der Waals surface area contributed by atoms with Crippen molar-refractivity contribution in [2.45, 2.75) is 12.1 Å². The molecule has 0 bridgehead atoms. The van der Waals surface area contributed by atoms with Gasteiger partial charge in [0, 0.05) is 18.7 Å². The molecule has 0 atom stereocenters. The Balaban J connectivity index is 2.13. The molecule has 2 aromatic carbocycles. The summed E-state index contributed by atoms with van der Waals surface area (Å²) in [6.45, 7) is 2.40. The van der Waals surface area contributed by atoms with Gasteiger partial charge in [-0.05, 0) is 25.1 Å². The largest absolute Gasteiger partial charge is 0.495 e. The number of aromatic nitrogens is 2. The molecule has 1 amide bonds. The number of hydrogen-bond acceptors (Lipinski definition) is 6. The Morgan fingerprint density at radius 3 is 2.81 bits per heavy atom. The molecule has 0 unspecified atom stereocenters. The van der Waals surface area contributed by atoms with E-state index in [9.17, 15) is 14.9 Å². The van der Waals surface area contributed by atoms with E-state index in [-0.39, 0.29) is 17.3 Å². The van der Waals surface area contributed by atoms with Gasteiger partial charge >= 0.3 is 0 Å². The van der Waals surface area contributed by atoms with E-state index in [1.165, 1.54) is 23.9 Å². The number of ether oxygens (including phenoxy) is 1. The van der Waals surface area contributed by atoms with Gasteiger partial charge in [-0.1, -0.05) is 23.9 Å². The molecule has 0 saturated heterocycles. The Hall–Kier alpha value is -3.07. The molecule has 140 valence electrons. The molecule has 0 fully saturated rings. The molecule has 3 rings (SSSR count). The fourth-order valence-electron chi connectivity index (χ4n) is 2.68. The van der Waals surface area contributed by atoms with Crippen LogP contribution in [0.3, 0.4) is 0 Å². The van der Waals surface area contributed by atoms with Crippen LogP contribution in [-0.4, -0.2) is 39.8 Å². The minimum atomic E-state index is -0.455. The molecule has 27 heavy (non-hydrogen) atoms. The van der Waals surface area contributed by atoms with E-state index in [0.29, 0.717) is 28.5 Å². The van der Waals surface area contributed by atoms with E-state index in [4.69, 9.17) is 4.74 Å². The number of nitrogens with one attached hydrogen (secondary N) is 1. The number of benzene rings is 2. The van der Waals surface area contributed by atoms with Crippen molar-refractivity contribution in [3.63, 3.8) is 0 Å². The van der Waals surface area contributed by atoms with Crippen molar-refractivity contribution in [1.29, 1.82) is 0 Å². The summed E-state index contributed by atoms with van der Waals surface area (Å²) in [5.74, 6) is 0.719. The fourth-order valence-corrected chi connectivity index (χ4v) is 3.53. The second-order valence-corrected chi connectivity index (χ2v) is 6.52. The normalized spacial score (nSPS) is 10.7. The predicted molar refractivity (Wildman–Crippen MR) is 104 cm³/mol. The molecular formula is C18H18N4O4S. The molecule has 3 aromatic rings. The van der Waals surface area contributed by atoms with Crippen LogP contribution in [-0.2, 0) is 4.79 Å². The summed E-state index contributed by atoms with van der Waals surface area (Å²) in [6, 6.07) is 11.9. The summed E-state index contributed by atoms with van der Waals surface area (Å²) < 4.78 is 7.30. The first-order valence-corrected chi connectivity index (χ1v) is 9.23. The number of fused-ring (bicyclic) bond motifs is 1. The van der Waals surface area contributed by atoms with Gasteiger partial charge in [0.05, 0.1) is 34.5 Å². The number of carbonyl (C=O) groups excluding carboxylic acids is 1. The minimum absolute atomic E-state index is 0.0348. The van der Waals surface area contributed by atoms with Crippen LogP contribution in [0, 0.1) is 10.1 Å². The highest BCUT2D eigenvalue weighted by molar-refractivity contribution is 7.99. The lowest BCUT2D eigenvalue weighted by Gasteiger charge is -2.12. The number of methoxy groups -OCH3 is 1. The molecule has 9 heteroatoms. The average Bonchev–Trinajstić information content (AvgIpc) is 3.03. The van der Waals surface area contributed by atoms with Crippen molar-refractivity contribution in [3.8, 4) is 11.4 Å². The number of carbonyl (C=O) groups is 1. The average molecular weight is 386 g/mol. The Kier molecular flexibility index (Phi) is 5.60. The first kappa shape index (κ1) is 18.7. The Labute approximate surface area is 159 Å². The van der Waals surface area contributed by atoms with Crippen LogP contribution in [0.25, 0.3) is 16.7 Å². The monoisotopic (exact) mass is 386 g/mol. The number of imidazole rings is 1. The van der Waals surface area contributed by atoms with E-state index in [1.54, 1.807) is 13.2 Å². The zero-order valence-corrected chi connectivity index (χ0v) is 15.7. The third-order valence-corrected chi connectivity index (χ3v) is 4.79. The summed E-state index contributed by atoms with van der Waals surface area (Å²) in [5, 5.41) is 14.4. The number of non-ortho nitro benzene ring substituents is 1. The van der Waals surface area contributed by atoms with Gasteiger partial charge in [0.1, 0.15) is 5.75 Å². The number of nitro benzene ring substituents is 1.